The molecule has 0 bridgehead atoms. The van der Waals surface area contributed by atoms with Crippen molar-refractivity contribution in [3.63, 3.8) is 0 Å². The molecule has 0 fully saturated rings. The Hall–Kier alpha value is -2.84. The van der Waals surface area contributed by atoms with Crippen molar-refractivity contribution in [1.82, 2.24) is 5.32 Å². The van der Waals surface area contributed by atoms with Crippen molar-refractivity contribution in [2.75, 3.05) is 13.2 Å². The summed E-state index contributed by atoms with van der Waals surface area (Å²) in [6, 6.07) is 12.1. The van der Waals surface area contributed by atoms with Crippen LogP contribution in [0.15, 0.2) is 48.5 Å². The van der Waals surface area contributed by atoms with Crippen LogP contribution in [0.5, 0.6) is 5.75 Å². The SMILES string of the molecule is C#CCOc1ccc(C(=O)NCC(O)c2cccc(F)c2)cc1. The summed E-state index contributed by atoms with van der Waals surface area (Å²) in [7, 11) is 0. The second-order valence-corrected chi connectivity index (χ2v) is 4.80. The van der Waals surface area contributed by atoms with Crippen LogP contribution in [0, 0.1) is 18.2 Å². The lowest BCUT2D eigenvalue weighted by atomic mass is 10.1. The fourth-order valence-corrected chi connectivity index (χ4v) is 1.95. The van der Waals surface area contributed by atoms with Gasteiger partial charge in [-0.1, -0.05) is 18.1 Å². The van der Waals surface area contributed by atoms with Crippen LogP contribution in [-0.4, -0.2) is 24.2 Å². The lowest BCUT2D eigenvalue weighted by molar-refractivity contribution is 0.0916. The quantitative estimate of drug-likeness (QED) is 0.805. The Morgan fingerprint density at radius 2 is 2.04 bits per heavy atom. The summed E-state index contributed by atoms with van der Waals surface area (Å²) in [6.07, 6.45) is 4.11. The number of benzene rings is 2. The average molecular weight is 313 g/mol. The van der Waals surface area contributed by atoms with Gasteiger partial charge >= 0.3 is 0 Å². The predicted molar refractivity (Wildman–Crippen MR) is 84.5 cm³/mol. The third-order valence-corrected chi connectivity index (χ3v) is 3.13. The predicted octanol–water partition coefficient (Wildman–Crippen LogP) is 2.30. The first-order chi connectivity index (χ1) is 11.1. The summed E-state index contributed by atoms with van der Waals surface area (Å²) in [4.78, 5) is 12.0. The first kappa shape index (κ1) is 16.5. The van der Waals surface area contributed by atoms with Crippen molar-refractivity contribution in [3.8, 4) is 18.1 Å². The highest BCUT2D eigenvalue weighted by atomic mass is 19.1. The Morgan fingerprint density at radius 1 is 1.30 bits per heavy atom. The molecule has 0 aliphatic heterocycles. The highest BCUT2D eigenvalue weighted by Crippen LogP contribution is 2.14. The van der Waals surface area contributed by atoms with E-state index in [1.807, 2.05) is 0 Å². The number of hydrogen-bond donors (Lipinski definition) is 2. The number of terminal acetylenes is 1. The second-order valence-electron chi connectivity index (χ2n) is 4.80. The van der Waals surface area contributed by atoms with Crippen LogP contribution in [0.25, 0.3) is 0 Å². The largest absolute Gasteiger partial charge is 0.481 e. The van der Waals surface area contributed by atoms with Crippen molar-refractivity contribution < 1.29 is 19.0 Å². The summed E-state index contributed by atoms with van der Waals surface area (Å²) < 4.78 is 18.3. The summed E-state index contributed by atoms with van der Waals surface area (Å²) >= 11 is 0. The van der Waals surface area contributed by atoms with E-state index in [-0.39, 0.29) is 19.1 Å². The Bertz CT molecular complexity index is 707. The van der Waals surface area contributed by atoms with E-state index >= 15 is 0 Å². The van der Waals surface area contributed by atoms with Gasteiger partial charge in [-0.25, -0.2) is 4.39 Å². The Kier molecular flexibility index (Phi) is 5.73. The molecule has 0 heterocycles. The molecule has 0 aliphatic rings. The van der Waals surface area contributed by atoms with Crippen molar-refractivity contribution in [3.05, 3.63) is 65.5 Å². The maximum Gasteiger partial charge on any atom is 0.251 e. The van der Waals surface area contributed by atoms with Gasteiger partial charge in [0.2, 0.25) is 0 Å². The zero-order valence-electron chi connectivity index (χ0n) is 12.3. The van der Waals surface area contributed by atoms with Crippen molar-refractivity contribution in [2.45, 2.75) is 6.10 Å². The molecule has 0 saturated carbocycles. The van der Waals surface area contributed by atoms with E-state index in [1.54, 1.807) is 30.3 Å². The van der Waals surface area contributed by atoms with E-state index in [0.29, 0.717) is 16.9 Å². The fourth-order valence-electron chi connectivity index (χ4n) is 1.95. The van der Waals surface area contributed by atoms with Gasteiger partial charge in [0.25, 0.3) is 5.91 Å². The third kappa shape index (κ3) is 4.83. The molecule has 0 spiro atoms. The number of carbonyl (C=O) groups excluding carboxylic acids is 1. The molecular formula is C18H16FNO3. The number of nitrogens with one attached hydrogen (secondary N) is 1. The minimum atomic E-state index is -0.979. The van der Waals surface area contributed by atoms with Gasteiger partial charge in [-0.3, -0.25) is 4.79 Å². The second kappa shape index (κ2) is 7.97. The van der Waals surface area contributed by atoms with Crippen LogP contribution in [0.2, 0.25) is 0 Å². The Labute approximate surface area is 133 Å². The molecule has 2 aromatic carbocycles. The zero-order valence-corrected chi connectivity index (χ0v) is 12.3. The number of aliphatic hydroxyl groups excluding tert-OH is 1. The zero-order chi connectivity index (χ0) is 16.7. The molecule has 4 nitrogen and oxygen atoms in total. The lowest BCUT2D eigenvalue weighted by Gasteiger charge is -2.12. The van der Waals surface area contributed by atoms with Crippen LogP contribution >= 0.6 is 0 Å². The highest BCUT2D eigenvalue weighted by Gasteiger charge is 2.11. The first-order valence-corrected chi connectivity index (χ1v) is 6.98. The molecule has 1 amide bonds. The summed E-state index contributed by atoms with van der Waals surface area (Å²) in [5.74, 6) is 2.14. The van der Waals surface area contributed by atoms with Crippen LogP contribution < -0.4 is 10.1 Å². The van der Waals surface area contributed by atoms with Crippen molar-refractivity contribution in [2.24, 2.45) is 0 Å². The Balaban J connectivity index is 1.90. The lowest BCUT2D eigenvalue weighted by Crippen LogP contribution is -2.28. The number of aliphatic hydroxyl groups is 1. The van der Waals surface area contributed by atoms with Gasteiger partial charge in [0.05, 0.1) is 6.10 Å². The van der Waals surface area contributed by atoms with E-state index in [0.717, 1.165) is 0 Å². The molecule has 0 aromatic heterocycles. The fraction of sp³-hybridized carbons (Fsp3) is 0.167. The van der Waals surface area contributed by atoms with Crippen LogP contribution in [0.3, 0.4) is 0 Å². The van der Waals surface area contributed by atoms with Gasteiger partial charge in [0, 0.05) is 12.1 Å². The molecule has 2 N–H and O–H groups in total. The number of amides is 1. The summed E-state index contributed by atoms with van der Waals surface area (Å²) in [5, 5.41) is 12.6. The van der Waals surface area contributed by atoms with E-state index in [4.69, 9.17) is 11.2 Å². The van der Waals surface area contributed by atoms with Crippen LogP contribution in [0.4, 0.5) is 4.39 Å². The molecule has 0 saturated heterocycles. The number of halogens is 1. The van der Waals surface area contributed by atoms with Gasteiger partial charge in [-0.05, 0) is 42.0 Å². The first-order valence-electron chi connectivity index (χ1n) is 6.98. The standard InChI is InChI=1S/C18H16FNO3/c1-2-10-23-16-8-6-13(7-9-16)18(22)20-12-17(21)14-4-3-5-15(19)11-14/h1,3-9,11,17,21H,10,12H2,(H,20,22). The molecule has 23 heavy (non-hydrogen) atoms. The molecule has 1 atom stereocenters. The number of ether oxygens (including phenoxy) is 1. The van der Waals surface area contributed by atoms with Gasteiger partial charge in [-0.2, -0.15) is 0 Å². The van der Waals surface area contributed by atoms with E-state index < -0.39 is 11.9 Å². The van der Waals surface area contributed by atoms with Crippen molar-refractivity contribution in [1.29, 1.82) is 0 Å². The van der Waals surface area contributed by atoms with Gasteiger partial charge in [0.1, 0.15) is 18.2 Å². The van der Waals surface area contributed by atoms with Gasteiger partial charge in [0.15, 0.2) is 0 Å². The van der Waals surface area contributed by atoms with Gasteiger partial charge in [-0.15, -0.1) is 6.42 Å². The van der Waals surface area contributed by atoms with E-state index in [1.165, 1.54) is 18.2 Å². The molecule has 1 unspecified atom stereocenters. The maximum absolute atomic E-state index is 13.1. The number of hydrogen-bond acceptors (Lipinski definition) is 3. The number of rotatable bonds is 6. The van der Waals surface area contributed by atoms with Crippen LogP contribution in [-0.2, 0) is 0 Å². The monoisotopic (exact) mass is 313 g/mol. The molecule has 0 radical (unpaired) electrons. The highest BCUT2D eigenvalue weighted by molar-refractivity contribution is 5.94. The molecule has 5 heteroatoms. The summed E-state index contributed by atoms with van der Waals surface area (Å²) in [5.41, 5.74) is 0.827. The van der Waals surface area contributed by atoms with E-state index in [2.05, 4.69) is 11.2 Å². The minimum absolute atomic E-state index is 0.0162. The molecule has 2 rings (SSSR count). The normalized spacial score (nSPS) is 11.3. The third-order valence-electron chi connectivity index (χ3n) is 3.13. The van der Waals surface area contributed by atoms with Gasteiger partial charge < -0.3 is 15.2 Å². The smallest absolute Gasteiger partial charge is 0.251 e. The van der Waals surface area contributed by atoms with Crippen LogP contribution in [0.1, 0.15) is 22.0 Å². The molecule has 118 valence electrons. The molecule has 0 aliphatic carbocycles. The topological polar surface area (TPSA) is 58.6 Å². The van der Waals surface area contributed by atoms with E-state index in [9.17, 15) is 14.3 Å². The Morgan fingerprint density at radius 3 is 2.70 bits per heavy atom. The molecular weight excluding hydrogens is 297 g/mol. The average Bonchev–Trinajstić information content (AvgIpc) is 2.58. The number of carbonyl (C=O) groups is 1. The van der Waals surface area contributed by atoms with Crippen molar-refractivity contribution >= 4 is 5.91 Å². The summed E-state index contributed by atoms with van der Waals surface area (Å²) in [6.45, 7) is 0.142. The minimum Gasteiger partial charge on any atom is -0.481 e. The maximum atomic E-state index is 13.1. The molecule has 2 aromatic rings.